The molecule has 3 aromatic rings. The van der Waals surface area contributed by atoms with Crippen LogP contribution in [0.1, 0.15) is 30.8 Å². The van der Waals surface area contributed by atoms with Gasteiger partial charge in [0.05, 0.1) is 11.4 Å². The van der Waals surface area contributed by atoms with E-state index in [2.05, 4.69) is 10.3 Å². The molecule has 0 aliphatic rings. The van der Waals surface area contributed by atoms with Crippen molar-refractivity contribution in [3.05, 3.63) is 56.4 Å². The molecule has 0 fully saturated rings. The maximum Gasteiger partial charge on any atom is 0.258 e. The number of aromatic nitrogens is 2. The Morgan fingerprint density at radius 2 is 2.15 bits per heavy atom. The van der Waals surface area contributed by atoms with Crippen LogP contribution in [-0.2, 0) is 11.4 Å². The number of rotatable bonds is 6. The average Bonchev–Trinajstić information content (AvgIpc) is 2.94. The van der Waals surface area contributed by atoms with Gasteiger partial charge < -0.3 is 10.1 Å². The molecule has 8 heteroatoms. The van der Waals surface area contributed by atoms with E-state index in [1.807, 2.05) is 20.8 Å². The highest BCUT2D eigenvalue weighted by Gasteiger charge is 2.12. The van der Waals surface area contributed by atoms with Gasteiger partial charge in [-0.2, -0.15) is 0 Å². The van der Waals surface area contributed by atoms with E-state index in [1.54, 1.807) is 24.4 Å². The van der Waals surface area contributed by atoms with Gasteiger partial charge in [0.15, 0.2) is 4.96 Å². The summed E-state index contributed by atoms with van der Waals surface area (Å²) < 4.78 is 7.33. The van der Waals surface area contributed by atoms with Crippen molar-refractivity contribution in [1.29, 1.82) is 0 Å². The van der Waals surface area contributed by atoms with Gasteiger partial charge in [-0.15, -0.1) is 11.3 Å². The number of hydrogen-bond acceptors (Lipinski definition) is 5. The number of amides is 1. The Labute approximate surface area is 165 Å². The van der Waals surface area contributed by atoms with Crippen LogP contribution >= 0.6 is 22.9 Å². The van der Waals surface area contributed by atoms with Gasteiger partial charge >= 0.3 is 0 Å². The zero-order chi connectivity index (χ0) is 19.6. The molecule has 142 valence electrons. The van der Waals surface area contributed by atoms with Crippen LogP contribution in [0.5, 0.6) is 5.75 Å². The van der Waals surface area contributed by atoms with Gasteiger partial charge in [-0.05, 0) is 31.0 Å². The number of aryl methyl sites for hydroxylation is 1. The van der Waals surface area contributed by atoms with E-state index >= 15 is 0 Å². The van der Waals surface area contributed by atoms with Crippen LogP contribution in [0.25, 0.3) is 4.96 Å². The fraction of sp³-hybridized carbons (Fsp3) is 0.316. The van der Waals surface area contributed by atoms with Gasteiger partial charge in [0.1, 0.15) is 12.4 Å². The summed E-state index contributed by atoms with van der Waals surface area (Å²) in [6, 6.07) is 6.46. The lowest BCUT2D eigenvalue weighted by molar-refractivity contribution is -0.116. The van der Waals surface area contributed by atoms with Crippen LogP contribution in [0.2, 0.25) is 5.02 Å². The molecule has 0 atom stereocenters. The quantitative estimate of drug-likeness (QED) is 0.664. The number of nitrogens with zero attached hydrogens (tertiary/aromatic N) is 2. The number of benzene rings is 1. The van der Waals surface area contributed by atoms with Crippen LogP contribution in [0, 0.1) is 12.8 Å². The number of ether oxygens (including phenoxy) is 1. The first-order chi connectivity index (χ1) is 12.8. The second-order valence-electron chi connectivity index (χ2n) is 6.66. The maximum absolute atomic E-state index is 12.2. The molecule has 1 N–H and O–H groups in total. The fourth-order valence-corrected chi connectivity index (χ4v) is 3.60. The fourth-order valence-electron chi connectivity index (χ4n) is 2.58. The number of anilines is 1. The van der Waals surface area contributed by atoms with E-state index < -0.39 is 0 Å². The number of hydrogen-bond donors (Lipinski definition) is 1. The molecule has 2 aromatic heterocycles. The van der Waals surface area contributed by atoms with Crippen molar-refractivity contribution in [1.82, 2.24) is 9.38 Å². The Kier molecular flexibility index (Phi) is 5.82. The van der Waals surface area contributed by atoms with E-state index in [4.69, 9.17) is 16.3 Å². The Balaban J connectivity index is 1.79. The molecule has 0 unspecified atom stereocenters. The third-order valence-electron chi connectivity index (χ3n) is 3.72. The van der Waals surface area contributed by atoms with E-state index in [9.17, 15) is 9.59 Å². The molecule has 27 heavy (non-hydrogen) atoms. The summed E-state index contributed by atoms with van der Waals surface area (Å²) in [4.78, 5) is 30.4. The maximum atomic E-state index is 12.2. The van der Waals surface area contributed by atoms with Gasteiger partial charge in [0.2, 0.25) is 5.91 Å². The molecule has 0 aliphatic carbocycles. The second kappa shape index (κ2) is 8.10. The summed E-state index contributed by atoms with van der Waals surface area (Å²) in [5.41, 5.74) is 0.874. The Hall–Kier alpha value is -2.38. The number of thiazole rings is 1. The van der Waals surface area contributed by atoms with Crippen molar-refractivity contribution < 1.29 is 9.53 Å². The lowest BCUT2D eigenvalue weighted by Crippen LogP contribution is -2.16. The molecule has 3 rings (SSSR count). The van der Waals surface area contributed by atoms with E-state index in [0.717, 1.165) is 4.88 Å². The van der Waals surface area contributed by atoms with Crippen LogP contribution < -0.4 is 15.6 Å². The van der Waals surface area contributed by atoms with E-state index in [1.165, 1.54) is 21.8 Å². The molecule has 0 bridgehead atoms. The monoisotopic (exact) mass is 405 g/mol. The lowest BCUT2D eigenvalue weighted by Gasteiger charge is -2.13. The predicted molar refractivity (Wildman–Crippen MR) is 108 cm³/mol. The molecule has 1 amide bonds. The standard InChI is InChI=1S/C19H20ClN3O3S/c1-11(2)6-17(24)22-15-7-13(20)4-5-16(15)26-10-14-8-18(25)23-9-12(3)27-19(23)21-14/h4-5,7-9,11H,6,10H2,1-3H3,(H,22,24). The predicted octanol–water partition coefficient (Wildman–Crippen LogP) is 4.28. The molecular formula is C19H20ClN3O3S. The molecule has 6 nitrogen and oxygen atoms in total. The van der Waals surface area contributed by atoms with Crippen LogP contribution in [0.4, 0.5) is 5.69 Å². The van der Waals surface area contributed by atoms with Crippen LogP contribution in [0.3, 0.4) is 0 Å². The molecule has 2 heterocycles. The summed E-state index contributed by atoms with van der Waals surface area (Å²) >= 11 is 7.49. The smallest absolute Gasteiger partial charge is 0.258 e. The summed E-state index contributed by atoms with van der Waals surface area (Å²) in [6.07, 6.45) is 2.17. The minimum atomic E-state index is -0.149. The van der Waals surface area contributed by atoms with Crippen LogP contribution in [0.15, 0.2) is 35.3 Å². The summed E-state index contributed by atoms with van der Waals surface area (Å²) in [5.74, 6) is 0.608. The Bertz CT molecular complexity index is 1040. The first-order valence-corrected chi connectivity index (χ1v) is 9.72. The Morgan fingerprint density at radius 1 is 1.37 bits per heavy atom. The van der Waals surface area contributed by atoms with Crippen molar-refractivity contribution in [2.45, 2.75) is 33.8 Å². The minimum Gasteiger partial charge on any atom is -0.485 e. The van der Waals surface area contributed by atoms with Crippen molar-refractivity contribution in [2.24, 2.45) is 5.92 Å². The van der Waals surface area contributed by atoms with E-state index in [-0.39, 0.29) is 24.0 Å². The third-order valence-corrected chi connectivity index (χ3v) is 4.85. The molecule has 0 radical (unpaired) electrons. The molecule has 0 spiro atoms. The first-order valence-electron chi connectivity index (χ1n) is 8.53. The van der Waals surface area contributed by atoms with Gasteiger partial charge in [-0.3, -0.25) is 14.0 Å². The van der Waals surface area contributed by atoms with Crippen molar-refractivity contribution in [3.63, 3.8) is 0 Å². The highest BCUT2D eigenvalue weighted by molar-refractivity contribution is 7.16. The number of fused-ring (bicyclic) bond motifs is 1. The largest absolute Gasteiger partial charge is 0.485 e. The van der Waals surface area contributed by atoms with E-state index in [0.29, 0.717) is 33.5 Å². The molecule has 0 saturated carbocycles. The summed E-state index contributed by atoms with van der Waals surface area (Å²) in [6.45, 7) is 5.98. The zero-order valence-electron chi connectivity index (χ0n) is 15.3. The van der Waals surface area contributed by atoms with Gasteiger partial charge in [-0.1, -0.05) is 25.4 Å². The molecule has 0 aliphatic heterocycles. The highest BCUT2D eigenvalue weighted by Crippen LogP contribution is 2.29. The summed E-state index contributed by atoms with van der Waals surface area (Å²) in [7, 11) is 0. The lowest BCUT2D eigenvalue weighted by atomic mass is 10.1. The zero-order valence-corrected chi connectivity index (χ0v) is 16.9. The van der Waals surface area contributed by atoms with Crippen molar-refractivity contribution >= 4 is 39.5 Å². The first kappa shape index (κ1) is 19.4. The number of halogens is 1. The van der Waals surface area contributed by atoms with Gasteiger partial charge in [0, 0.05) is 28.6 Å². The molecule has 1 aromatic carbocycles. The summed E-state index contributed by atoms with van der Waals surface area (Å²) in [5, 5.41) is 3.33. The van der Waals surface area contributed by atoms with Crippen molar-refractivity contribution in [3.8, 4) is 5.75 Å². The number of carbonyl (C=O) groups excluding carboxylic acids is 1. The highest BCUT2D eigenvalue weighted by atomic mass is 35.5. The van der Waals surface area contributed by atoms with Crippen molar-refractivity contribution in [2.75, 3.05) is 5.32 Å². The third kappa shape index (κ3) is 4.87. The number of carbonyl (C=O) groups is 1. The molecule has 0 saturated heterocycles. The van der Waals surface area contributed by atoms with Gasteiger partial charge in [-0.25, -0.2) is 4.98 Å². The van der Waals surface area contributed by atoms with Gasteiger partial charge in [0.25, 0.3) is 5.56 Å². The molecular weight excluding hydrogens is 386 g/mol. The Morgan fingerprint density at radius 3 is 2.89 bits per heavy atom. The average molecular weight is 406 g/mol. The minimum absolute atomic E-state index is 0.107. The topological polar surface area (TPSA) is 72.7 Å². The normalized spacial score (nSPS) is 11.1. The SMILES string of the molecule is Cc1cn2c(=O)cc(COc3ccc(Cl)cc3NC(=O)CC(C)C)nc2s1. The second-order valence-corrected chi connectivity index (χ2v) is 8.31. The number of nitrogens with one attached hydrogen (secondary N) is 1. The van der Waals surface area contributed by atoms with Crippen LogP contribution in [-0.4, -0.2) is 15.3 Å².